The Morgan fingerprint density at radius 3 is 2.68 bits per heavy atom. The molecule has 0 bridgehead atoms. The van der Waals surface area contributed by atoms with E-state index < -0.39 is 11.6 Å². The molecule has 0 aliphatic rings. The summed E-state index contributed by atoms with van der Waals surface area (Å²) < 4.78 is 6.30. The zero-order chi connectivity index (χ0) is 16.3. The Bertz CT molecular complexity index is 690. The maximum absolute atomic E-state index is 12.2. The Balaban J connectivity index is 2.02. The van der Waals surface area contributed by atoms with Crippen molar-refractivity contribution in [2.45, 2.75) is 45.8 Å². The molecule has 22 heavy (non-hydrogen) atoms. The van der Waals surface area contributed by atoms with Crippen LogP contribution in [-0.4, -0.2) is 23.5 Å². The van der Waals surface area contributed by atoms with Crippen LogP contribution in [-0.2, 0) is 20.7 Å². The number of ether oxygens (including phenoxy) is 1. The number of carbonyl (C=O) groups is 2. The van der Waals surface area contributed by atoms with Gasteiger partial charge >= 0.3 is 5.97 Å². The number of hydrogen-bond acceptors (Lipinski definition) is 4. The summed E-state index contributed by atoms with van der Waals surface area (Å²) >= 11 is 1.71. The first-order valence-electron chi connectivity index (χ1n) is 7.25. The van der Waals surface area contributed by atoms with E-state index in [1.54, 1.807) is 25.2 Å². The summed E-state index contributed by atoms with van der Waals surface area (Å²) in [7, 11) is 0. The van der Waals surface area contributed by atoms with Crippen molar-refractivity contribution in [3.8, 4) is 0 Å². The maximum Gasteiger partial charge on any atom is 0.303 e. The summed E-state index contributed by atoms with van der Waals surface area (Å²) in [6.07, 6.45) is 0.742. The lowest BCUT2D eigenvalue weighted by Crippen LogP contribution is -2.48. The molecule has 1 aromatic carbocycles. The predicted octanol–water partition coefficient (Wildman–Crippen LogP) is 3.29. The van der Waals surface area contributed by atoms with E-state index >= 15 is 0 Å². The Kier molecular flexibility index (Phi) is 4.86. The molecule has 1 aromatic heterocycles. The van der Waals surface area contributed by atoms with Gasteiger partial charge in [-0.15, -0.1) is 11.3 Å². The van der Waals surface area contributed by atoms with E-state index in [-0.39, 0.29) is 11.9 Å². The molecule has 0 radical (unpaired) electrons. The first kappa shape index (κ1) is 16.5. The van der Waals surface area contributed by atoms with E-state index in [4.69, 9.17) is 4.74 Å². The fourth-order valence-electron chi connectivity index (χ4n) is 2.38. The summed E-state index contributed by atoms with van der Waals surface area (Å²) in [5.74, 6) is -0.744. The number of fused-ring (bicyclic) bond motifs is 1. The number of amides is 1. The third-order valence-corrected chi connectivity index (χ3v) is 4.42. The zero-order valence-corrected chi connectivity index (χ0v) is 14.1. The highest BCUT2D eigenvalue weighted by molar-refractivity contribution is 7.17. The largest absolute Gasteiger partial charge is 0.450 e. The predicted molar refractivity (Wildman–Crippen MR) is 89.0 cm³/mol. The second kappa shape index (κ2) is 6.48. The van der Waals surface area contributed by atoms with Gasteiger partial charge in [0.15, 0.2) is 5.60 Å². The molecule has 1 amide bonds. The topological polar surface area (TPSA) is 55.4 Å². The summed E-state index contributed by atoms with van der Waals surface area (Å²) in [5, 5.41) is 6.28. The Labute approximate surface area is 134 Å². The molecule has 118 valence electrons. The van der Waals surface area contributed by atoms with E-state index in [1.807, 2.05) is 19.1 Å². The molecule has 0 fully saturated rings. The van der Waals surface area contributed by atoms with Crippen LogP contribution in [0.15, 0.2) is 29.6 Å². The third kappa shape index (κ3) is 3.85. The summed E-state index contributed by atoms with van der Waals surface area (Å²) in [4.78, 5) is 23.3. The summed E-state index contributed by atoms with van der Waals surface area (Å²) in [6.45, 7) is 6.44. The molecule has 0 spiro atoms. The zero-order valence-electron chi connectivity index (χ0n) is 13.3. The highest BCUT2D eigenvalue weighted by Gasteiger charge is 2.31. The smallest absolute Gasteiger partial charge is 0.303 e. The molecule has 5 heteroatoms. The van der Waals surface area contributed by atoms with E-state index in [0.717, 1.165) is 6.42 Å². The number of rotatable bonds is 5. The van der Waals surface area contributed by atoms with Crippen LogP contribution < -0.4 is 5.32 Å². The van der Waals surface area contributed by atoms with Crippen molar-refractivity contribution in [1.82, 2.24) is 5.32 Å². The molecule has 1 N–H and O–H groups in total. The highest BCUT2D eigenvalue weighted by atomic mass is 32.1. The van der Waals surface area contributed by atoms with Crippen LogP contribution in [0.5, 0.6) is 0 Å². The number of hydrogen-bond donors (Lipinski definition) is 1. The third-order valence-electron chi connectivity index (χ3n) is 3.41. The number of benzene rings is 1. The van der Waals surface area contributed by atoms with Crippen molar-refractivity contribution in [3.05, 3.63) is 35.2 Å². The molecular formula is C17H21NO3S. The van der Waals surface area contributed by atoms with Gasteiger partial charge in [0.05, 0.1) is 0 Å². The van der Waals surface area contributed by atoms with E-state index in [9.17, 15) is 9.59 Å². The van der Waals surface area contributed by atoms with E-state index in [1.165, 1.54) is 22.6 Å². The fraction of sp³-hybridized carbons (Fsp3) is 0.412. The molecule has 0 unspecified atom stereocenters. The summed E-state index contributed by atoms with van der Waals surface area (Å²) in [6, 6.07) is 8.19. The number of carbonyl (C=O) groups excluding carboxylic acids is 2. The lowest BCUT2D eigenvalue weighted by atomic mass is 10.0. The Morgan fingerprint density at radius 1 is 1.32 bits per heavy atom. The van der Waals surface area contributed by atoms with Crippen molar-refractivity contribution >= 4 is 33.3 Å². The summed E-state index contributed by atoms with van der Waals surface area (Å²) in [5.41, 5.74) is 0.0651. The number of nitrogens with one attached hydrogen (secondary N) is 1. The molecule has 1 atom stereocenters. The molecule has 0 saturated carbocycles. The Hall–Kier alpha value is -1.88. The second-order valence-corrected chi connectivity index (χ2v) is 6.85. The quantitative estimate of drug-likeness (QED) is 0.860. The van der Waals surface area contributed by atoms with Gasteiger partial charge < -0.3 is 10.1 Å². The average Bonchev–Trinajstić information content (AvgIpc) is 2.80. The SMILES string of the molecule is CC(=O)OC(C)(C)C(=O)N[C@@H](C)Cc1csc2ccccc12. The van der Waals surface area contributed by atoms with Crippen LogP contribution in [0, 0.1) is 0 Å². The van der Waals surface area contributed by atoms with Gasteiger partial charge in [-0.3, -0.25) is 9.59 Å². The lowest BCUT2D eigenvalue weighted by Gasteiger charge is -2.25. The molecule has 0 aliphatic carbocycles. The Morgan fingerprint density at radius 2 is 2.00 bits per heavy atom. The van der Waals surface area contributed by atoms with Gasteiger partial charge in [-0.1, -0.05) is 18.2 Å². The van der Waals surface area contributed by atoms with Gasteiger partial charge in [0.25, 0.3) is 5.91 Å². The van der Waals surface area contributed by atoms with Crippen molar-refractivity contribution in [3.63, 3.8) is 0 Å². The molecular weight excluding hydrogens is 298 g/mol. The van der Waals surface area contributed by atoms with Crippen LogP contribution in [0.25, 0.3) is 10.1 Å². The van der Waals surface area contributed by atoms with Gasteiger partial charge in [-0.05, 0) is 49.6 Å². The molecule has 1 heterocycles. The van der Waals surface area contributed by atoms with Crippen molar-refractivity contribution < 1.29 is 14.3 Å². The van der Waals surface area contributed by atoms with Gasteiger partial charge in [0.1, 0.15) is 0 Å². The lowest BCUT2D eigenvalue weighted by molar-refractivity contribution is -0.163. The number of esters is 1. The monoisotopic (exact) mass is 319 g/mol. The first-order valence-corrected chi connectivity index (χ1v) is 8.13. The maximum atomic E-state index is 12.2. The molecule has 0 saturated heterocycles. The minimum Gasteiger partial charge on any atom is -0.450 e. The van der Waals surface area contributed by atoms with E-state index in [0.29, 0.717) is 0 Å². The number of thiophene rings is 1. The first-order chi connectivity index (χ1) is 10.3. The molecule has 2 rings (SSSR count). The van der Waals surface area contributed by atoms with Gasteiger partial charge in [0, 0.05) is 17.7 Å². The molecule has 0 aliphatic heterocycles. The van der Waals surface area contributed by atoms with Gasteiger partial charge in [-0.25, -0.2) is 0 Å². The minimum absolute atomic E-state index is 0.0414. The van der Waals surface area contributed by atoms with Crippen molar-refractivity contribution in [2.75, 3.05) is 0 Å². The van der Waals surface area contributed by atoms with Crippen LogP contribution in [0.3, 0.4) is 0 Å². The van der Waals surface area contributed by atoms with Crippen LogP contribution in [0.2, 0.25) is 0 Å². The van der Waals surface area contributed by atoms with Crippen molar-refractivity contribution in [1.29, 1.82) is 0 Å². The van der Waals surface area contributed by atoms with Crippen molar-refractivity contribution in [2.24, 2.45) is 0 Å². The van der Waals surface area contributed by atoms with E-state index in [2.05, 4.69) is 22.8 Å². The minimum atomic E-state index is -1.16. The van der Waals surface area contributed by atoms with Gasteiger partial charge in [0.2, 0.25) is 0 Å². The molecule has 4 nitrogen and oxygen atoms in total. The van der Waals surface area contributed by atoms with Crippen LogP contribution in [0.4, 0.5) is 0 Å². The second-order valence-electron chi connectivity index (χ2n) is 5.94. The average molecular weight is 319 g/mol. The standard InChI is InChI=1S/C17H21NO3S/c1-11(18-16(20)17(3,4)21-12(2)19)9-13-10-22-15-8-6-5-7-14(13)15/h5-8,10-11H,9H2,1-4H3,(H,18,20)/t11-/m0/s1. The van der Waals surface area contributed by atoms with Crippen LogP contribution >= 0.6 is 11.3 Å². The van der Waals surface area contributed by atoms with Crippen LogP contribution in [0.1, 0.15) is 33.3 Å². The fourth-order valence-corrected chi connectivity index (χ4v) is 3.35. The van der Waals surface area contributed by atoms with Gasteiger partial charge in [-0.2, -0.15) is 0 Å². The molecule has 2 aromatic rings. The highest BCUT2D eigenvalue weighted by Crippen LogP contribution is 2.26. The normalized spacial score (nSPS) is 12.9.